The van der Waals surface area contributed by atoms with Crippen LogP contribution in [-0.2, 0) is 13.1 Å². The van der Waals surface area contributed by atoms with Gasteiger partial charge in [-0.1, -0.05) is 13.3 Å². The van der Waals surface area contributed by atoms with E-state index in [1.165, 1.54) is 37.8 Å². The molecule has 0 amide bonds. The second kappa shape index (κ2) is 4.81. The quantitative estimate of drug-likeness (QED) is 0.847. The molecule has 17 heavy (non-hydrogen) atoms. The predicted molar refractivity (Wildman–Crippen MR) is 68.6 cm³/mol. The molecule has 3 nitrogen and oxygen atoms in total. The van der Waals surface area contributed by atoms with Gasteiger partial charge in [-0.15, -0.1) is 0 Å². The molecule has 3 atom stereocenters. The number of rotatable bonds is 5. The van der Waals surface area contributed by atoms with Crippen molar-refractivity contribution in [3.63, 3.8) is 0 Å². The molecule has 0 aromatic carbocycles. The van der Waals surface area contributed by atoms with Crippen LogP contribution >= 0.6 is 0 Å². The molecule has 3 unspecified atom stereocenters. The van der Waals surface area contributed by atoms with Gasteiger partial charge in [0.05, 0.1) is 12.0 Å². The molecule has 0 spiro atoms. The average molecular weight is 233 g/mol. The molecule has 3 heteroatoms. The lowest BCUT2D eigenvalue weighted by Gasteiger charge is -2.23. The summed E-state index contributed by atoms with van der Waals surface area (Å²) in [5.41, 5.74) is 1.34. The lowest BCUT2D eigenvalue weighted by Crippen LogP contribution is -2.33. The first-order valence-electron chi connectivity index (χ1n) is 7.09. The summed E-state index contributed by atoms with van der Waals surface area (Å²) in [4.78, 5) is 4.26. The summed E-state index contributed by atoms with van der Waals surface area (Å²) in [7, 11) is 0. The lowest BCUT2D eigenvalue weighted by molar-refractivity contribution is 0.347. The Morgan fingerprint density at radius 3 is 3.06 bits per heavy atom. The minimum atomic E-state index is 0.777. The highest BCUT2D eigenvalue weighted by molar-refractivity contribution is 5.00. The van der Waals surface area contributed by atoms with Crippen molar-refractivity contribution >= 4 is 0 Å². The molecule has 3 rings (SSSR count). The van der Waals surface area contributed by atoms with Gasteiger partial charge in [-0.3, -0.25) is 0 Å². The molecule has 2 aliphatic carbocycles. The maximum absolute atomic E-state index is 4.26. The van der Waals surface area contributed by atoms with Crippen molar-refractivity contribution in [1.29, 1.82) is 0 Å². The third-order valence-electron chi connectivity index (χ3n) is 4.55. The zero-order valence-corrected chi connectivity index (χ0v) is 10.7. The summed E-state index contributed by atoms with van der Waals surface area (Å²) in [6, 6.07) is 0.777. The Bertz CT molecular complexity index is 371. The van der Waals surface area contributed by atoms with E-state index in [-0.39, 0.29) is 0 Å². The molecular weight excluding hydrogens is 210 g/mol. The maximum atomic E-state index is 4.26. The fourth-order valence-electron chi connectivity index (χ4n) is 3.67. The number of imidazole rings is 1. The third-order valence-corrected chi connectivity index (χ3v) is 4.55. The van der Waals surface area contributed by atoms with Gasteiger partial charge in [-0.05, 0) is 37.5 Å². The van der Waals surface area contributed by atoms with Gasteiger partial charge in [0, 0.05) is 25.3 Å². The van der Waals surface area contributed by atoms with Crippen molar-refractivity contribution in [1.82, 2.24) is 14.9 Å². The predicted octanol–water partition coefficient (Wildman–Crippen LogP) is 2.57. The molecule has 2 bridgehead atoms. The molecule has 94 valence electrons. The number of hydrogen-bond donors (Lipinski definition) is 1. The van der Waals surface area contributed by atoms with Crippen molar-refractivity contribution in [2.75, 3.05) is 0 Å². The molecule has 0 radical (unpaired) electrons. The van der Waals surface area contributed by atoms with Crippen LogP contribution < -0.4 is 5.32 Å². The van der Waals surface area contributed by atoms with E-state index in [0.717, 1.165) is 31.0 Å². The summed E-state index contributed by atoms with van der Waals surface area (Å²) in [5.74, 6) is 1.99. The van der Waals surface area contributed by atoms with E-state index in [1.807, 2.05) is 12.5 Å². The van der Waals surface area contributed by atoms with Crippen molar-refractivity contribution < 1.29 is 0 Å². The Morgan fingerprint density at radius 1 is 1.41 bits per heavy atom. The molecule has 1 heterocycles. The molecule has 1 aromatic rings. The molecule has 0 saturated heterocycles. The molecule has 1 N–H and O–H groups in total. The minimum absolute atomic E-state index is 0.777. The number of fused-ring (bicyclic) bond motifs is 2. The Morgan fingerprint density at radius 2 is 2.35 bits per heavy atom. The second-order valence-corrected chi connectivity index (χ2v) is 5.74. The highest BCUT2D eigenvalue weighted by Crippen LogP contribution is 2.44. The van der Waals surface area contributed by atoms with Gasteiger partial charge in [0.2, 0.25) is 0 Å². The first-order chi connectivity index (χ1) is 8.36. The minimum Gasteiger partial charge on any atom is -0.333 e. The van der Waals surface area contributed by atoms with Gasteiger partial charge < -0.3 is 9.88 Å². The number of aromatic nitrogens is 2. The summed E-state index contributed by atoms with van der Waals surface area (Å²) < 4.78 is 2.28. The van der Waals surface area contributed by atoms with E-state index < -0.39 is 0 Å². The molecule has 0 aliphatic heterocycles. The Kier molecular flexibility index (Phi) is 3.19. The fraction of sp³-hybridized carbons (Fsp3) is 0.786. The standard InChI is InChI=1S/C14H23N3/c1-2-5-17-10-15-8-13(17)9-16-14-7-11-3-4-12(14)6-11/h8,10-12,14,16H,2-7,9H2,1H3. The van der Waals surface area contributed by atoms with E-state index in [9.17, 15) is 0 Å². The van der Waals surface area contributed by atoms with Gasteiger partial charge in [-0.25, -0.2) is 4.98 Å². The second-order valence-electron chi connectivity index (χ2n) is 5.74. The Hall–Kier alpha value is -0.830. The summed E-state index contributed by atoms with van der Waals surface area (Å²) in [6.07, 6.45) is 11.0. The highest BCUT2D eigenvalue weighted by Gasteiger charge is 2.38. The van der Waals surface area contributed by atoms with E-state index in [1.54, 1.807) is 0 Å². The van der Waals surface area contributed by atoms with Gasteiger partial charge in [0.25, 0.3) is 0 Å². The van der Waals surface area contributed by atoms with Crippen molar-refractivity contribution in [2.45, 2.75) is 58.2 Å². The van der Waals surface area contributed by atoms with Gasteiger partial charge in [-0.2, -0.15) is 0 Å². The van der Waals surface area contributed by atoms with Gasteiger partial charge in [0.1, 0.15) is 0 Å². The number of nitrogens with zero attached hydrogens (tertiary/aromatic N) is 2. The first-order valence-corrected chi connectivity index (χ1v) is 7.09. The normalized spacial score (nSPS) is 31.2. The molecule has 1 aromatic heterocycles. The third kappa shape index (κ3) is 2.25. The maximum Gasteiger partial charge on any atom is 0.0948 e. The topological polar surface area (TPSA) is 29.9 Å². The first kappa shape index (κ1) is 11.3. The Balaban J connectivity index is 1.55. The van der Waals surface area contributed by atoms with E-state index in [2.05, 4.69) is 21.8 Å². The zero-order valence-electron chi connectivity index (χ0n) is 10.7. The average Bonchev–Trinajstić information content (AvgIpc) is 3.02. The van der Waals surface area contributed by atoms with E-state index in [0.29, 0.717) is 0 Å². The summed E-state index contributed by atoms with van der Waals surface area (Å²) in [6.45, 7) is 4.30. The fourth-order valence-corrected chi connectivity index (χ4v) is 3.67. The largest absolute Gasteiger partial charge is 0.333 e. The van der Waals surface area contributed by atoms with Crippen molar-refractivity contribution in [3.05, 3.63) is 18.2 Å². The van der Waals surface area contributed by atoms with Crippen LogP contribution in [0.4, 0.5) is 0 Å². The van der Waals surface area contributed by atoms with Crippen LogP contribution in [0.25, 0.3) is 0 Å². The van der Waals surface area contributed by atoms with Gasteiger partial charge in [0.15, 0.2) is 0 Å². The Labute approximate surface area is 104 Å². The molecule has 2 aliphatic rings. The summed E-state index contributed by atoms with van der Waals surface area (Å²) in [5, 5.41) is 3.75. The molecular formula is C14H23N3. The van der Waals surface area contributed by atoms with Crippen LogP contribution in [0.3, 0.4) is 0 Å². The molecule has 2 saturated carbocycles. The van der Waals surface area contributed by atoms with E-state index >= 15 is 0 Å². The van der Waals surface area contributed by atoms with Crippen LogP contribution in [0.2, 0.25) is 0 Å². The van der Waals surface area contributed by atoms with Crippen molar-refractivity contribution in [3.8, 4) is 0 Å². The van der Waals surface area contributed by atoms with Crippen LogP contribution in [0, 0.1) is 11.8 Å². The number of hydrogen-bond acceptors (Lipinski definition) is 2. The molecule has 2 fully saturated rings. The van der Waals surface area contributed by atoms with Crippen LogP contribution in [-0.4, -0.2) is 15.6 Å². The monoisotopic (exact) mass is 233 g/mol. The number of nitrogens with one attached hydrogen (secondary N) is 1. The van der Waals surface area contributed by atoms with E-state index in [4.69, 9.17) is 0 Å². The lowest BCUT2D eigenvalue weighted by atomic mass is 9.95. The van der Waals surface area contributed by atoms with Crippen LogP contribution in [0.1, 0.15) is 44.7 Å². The zero-order chi connectivity index (χ0) is 11.7. The van der Waals surface area contributed by atoms with Crippen molar-refractivity contribution in [2.24, 2.45) is 11.8 Å². The van der Waals surface area contributed by atoms with Gasteiger partial charge >= 0.3 is 0 Å². The number of aryl methyl sites for hydroxylation is 1. The smallest absolute Gasteiger partial charge is 0.0948 e. The SMILES string of the molecule is CCCn1cncc1CNC1CC2CCC1C2. The highest BCUT2D eigenvalue weighted by atomic mass is 15.1. The summed E-state index contributed by atoms with van der Waals surface area (Å²) >= 11 is 0. The van der Waals surface area contributed by atoms with Crippen LogP contribution in [0.15, 0.2) is 12.5 Å². The van der Waals surface area contributed by atoms with Crippen LogP contribution in [0.5, 0.6) is 0 Å².